The second-order valence-corrected chi connectivity index (χ2v) is 10.1. The van der Waals surface area contributed by atoms with Crippen LogP contribution < -0.4 is 4.80 Å². The van der Waals surface area contributed by atoms with Crippen molar-refractivity contribution in [1.82, 2.24) is 8.87 Å². The Morgan fingerprint density at radius 1 is 1.41 bits per heavy atom. The average Bonchev–Trinajstić information content (AvgIpc) is 2.93. The van der Waals surface area contributed by atoms with E-state index in [-0.39, 0.29) is 12.5 Å². The molecule has 0 saturated carbocycles. The molecule has 8 heteroatoms. The van der Waals surface area contributed by atoms with E-state index in [1.807, 2.05) is 11.5 Å². The molecule has 0 aliphatic carbocycles. The molecule has 1 fully saturated rings. The lowest BCUT2D eigenvalue weighted by Gasteiger charge is -2.28. The number of allylic oxidation sites excluding steroid dienone is 1. The molecule has 1 unspecified atom stereocenters. The fourth-order valence-electron chi connectivity index (χ4n) is 3.53. The van der Waals surface area contributed by atoms with E-state index in [9.17, 15) is 13.2 Å². The van der Waals surface area contributed by atoms with Gasteiger partial charge >= 0.3 is 0 Å². The second-order valence-electron chi connectivity index (χ2n) is 7.12. The van der Waals surface area contributed by atoms with Gasteiger partial charge in [-0.15, -0.1) is 6.58 Å². The van der Waals surface area contributed by atoms with Crippen molar-refractivity contribution >= 4 is 37.5 Å². The normalized spacial score (nSPS) is 19.5. The number of carbonyl (C=O) groups excluding carboxylic acids is 1. The number of benzene rings is 1. The Hall–Kier alpha value is -1.77. The standard InChI is InChI=1S/C19H25N3O3S2/c1-5-8-22-16-11-13(2)10-14(3)17(16)26-19(22)20-18(23)15-7-6-9-21(12-15)27(4,24)25/h5,10-11,15H,1,6-9,12H2,2-4H3. The summed E-state index contributed by atoms with van der Waals surface area (Å²) in [6.45, 7) is 9.17. The van der Waals surface area contributed by atoms with Crippen LogP contribution in [-0.2, 0) is 21.4 Å². The number of thiazole rings is 1. The van der Waals surface area contributed by atoms with Gasteiger partial charge in [0.2, 0.25) is 10.0 Å². The predicted molar refractivity (Wildman–Crippen MR) is 109 cm³/mol. The van der Waals surface area contributed by atoms with Crippen molar-refractivity contribution in [3.05, 3.63) is 40.7 Å². The minimum Gasteiger partial charge on any atom is -0.312 e. The second kappa shape index (κ2) is 7.69. The van der Waals surface area contributed by atoms with E-state index in [1.165, 1.54) is 21.9 Å². The average molecular weight is 408 g/mol. The molecular formula is C19H25N3O3S2. The van der Waals surface area contributed by atoms with E-state index in [0.29, 0.717) is 30.7 Å². The summed E-state index contributed by atoms with van der Waals surface area (Å²) in [6, 6.07) is 4.21. The molecule has 6 nitrogen and oxygen atoms in total. The van der Waals surface area contributed by atoms with Crippen LogP contribution in [0.1, 0.15) is 24.0 Å². The highest BCUT2D eigenvalue weighted by molar-refractivity contribution is 7.88. The number of carbonyl (C=O) groups is 1. The first-order valence-electron chi connectivity index (χ1n) is 8.96. The van der Waals surface area contributed by atoms with E-state index in [4.69, 9.17) is 0 Å². The highest BCUT2D eigenvalue weighted by Crippen LogP contribution is 2.24. The molecule has 2 heterocycles. The summed E-state index contributed by atoms with van der Waals surface area (Å²) in [5, 5.41) is 0. The lowest BCUT2D eigenvalue weighted by Crippen LogP contribution is -2.41. The van der Waals surface area contributed by atoms with Gasteiger partial charge in [0.05, 0.1) is 22.4 Å². The van der Waals surface area contributed by atoms with Gasteiger partial charge in [0.15, 0.2) is 4.80 Å². The van der Waals surface area contributed by atoms with Gasteiger partial charge in [-0.2, -0.15) is 4.99 Å². The fraction of sp³-hybridized carbons (Fsp3) is 0.474. The van der Waals surface area contributed by atoms with Gasteiger partial charge in [-0.3, -0.25) is 4.79 Å². The summed E-state index contributed by atoms with van der Waals surface area (Å²) in [4.78, 5) is 17.8. The van der Waals surface area contributed by atoms with Crippen LogP contribution in [0.5, 0.6) is 0 Å². The van der Waals surface area contributed by atoms with Crippen LogP contribution in [-0.4, -0.2) is 42.5 Å². The Bertz CT molecular complexity index is 1060. The van der Waals surface area contributed by atoms with Crippen molar-refractivity contribution in [2.75, 3.05) is 19.3 Å². The van der Waals surface area contributed by atoms with Crippen molar-refractivity contribution < 1.29 is 13.2 Å². The first-order valence-corrected chi connectivity index (χ1v) is 11.6. The molecule has 1 aromatic carbocycles. The van der Waals surface area contributed by atoms with E-state index in [0.717, 1.165) is 21.3 Å². The number of amides is 1. The van der Waals surface area contributed by atoms with Crippen LogP contribution in [0.25, 0.3) is 10.2 Å². The Morgan fingerprint density at radius 3 is 2.81 bits per heavy atom. The first-order chi connectivity index (χ1) is 12.7. The van der Waals surface area contributed by atoms with Crippen molar-refractivity contribution in [1.29, 1.82) is 0 Å². The van der Waals surface area contributed by atoms with E-state index >= 15 is 0 Å². The molecule has 0 radical (unpaired) electrons. The molecule has 1 atom stereocenters. The summed E-state index contributed by atoms with van der Waals surface area (Å²) in [6.07, 6.45) is 4.32. The lowest BCUT2D eigenvalue weighted by atomic mass is 9.99. The molecule has 1 aliphatic heterocycles. The third-order valence-corrected chi connectivity index (χ3v) is 7.33. The predicted octanol–water partition coefficient (Wildman–Crippen LogP) is 2.60. The minimum absolute atomic E-state index is 0.214. The molecule has 2 aromatic rings. The number of rotatable bonds is 4. The molecule has 27 heavy (non-hydrogen) atoms. The SMILES string of the molecule is C=CCn1c(=NC(=O)C2CCCN(S(C)(=O)=O)C2)sc2c(C)cc(C)cc21. The van der Waals surface area contributed by atoms with Crippen molar-refractivity contribution in [2.45, 2.75) is 33.2 Å². The molecule has 3 rings (SSSR count). The topological polar surface area (TPSA) is 71.7 Å². The van der Waals surface area contributed by atoms with Gasteiger partial charge in [-0.1, -0.05) is 23.5 Å². The molecular weight excluding hydrogens is 382 g/mol. The summed E-state index contributed by atoms with van der Waals surface area (Å²) in [5.41, 5.74) is 3.36. The van der Waals surface area contributed by atoms with Crippen LogP contribution in [0.15, 0.2) is 29.8 Å². The highest BCUT2D eigenvalue weighted by atomic mass is 32.2. The Balaban J connectivity index is 2.02. The van der Waals surface area contributed by atoms with Crippen LogP contribution in [0.4, 0.5) is 0 Å². The smallest absolute Gasteiger partial charge is 0.252 e. The van der Waals surface area contributed by atoms with E-state index in [1.54, 1.807) is 6.08 Å². The molecule has 146 valence electrons. The minimum atomic E-state index is -3.29. The van der Waals surface area contributed by atoms with Crippen molar-refractivity contribution in [2.24, 2.45) is 10.9 Å². The maximum absolute atomic E-state index is 12.8. The number of aryl methyl sites for hydroxylation is 2. The lowest BCUT2D eigenvalue weighted by molar-refractivity contribution is -0.122. The van der Waals surface area contributed by atoms with Crippen LogP contribution >= 0.6 is 11.3 Å². The van der Waals surface area contributed by atoms with E-state index in [2.05, 4.69) is 30.6 Å². The number of fused-ring (bicyclic) bond motifs is 1. The van der Waals surface area contributed by atoms with Crippen molar-refractivity contribution in [3.8, 4) is 0 Å². The zero-order valence-electron chi connectivity index (χ0n) is 15.9. The molecule has 0 N–H and O–H groups in total. The number of hydrogen-bond acceptors (Lipinski definition) is 4. The Kier molecular flexibility index (Phi) is 5.69. The first kappa shape index (κ1) is 20.0. The van der Waals surface area contributed by atoms with Crippen molar-refractivity contribution in [3.63, 3.8) is 0 Å². The van der Waals surface area contributed by atoms with Gasteiger partial charge in [-0.25, -0.2) is 12.7 Å². The summed E-state index contributed by atoms with van der Waals surface area (Å²) in [7, 11) is -3.29. The summed E-state index contributed by atoms with van der Waals surface area (Å²) >= 11 is 1.49. The molecule has 1 amide bonds. The quantitative estimate of drug-likeness (QED) is 0.732. The van der Waals surface area contributed by atoms with Gasteiger partial charge in [0.25, 0.3) is 5.91 Å². The number of aromatic nitrogens is 1. The largest absolute Gasteiger partial charge is 0.312 e. The molecule has 1 saturated heterocycles. The van der Waals surface area contributed by atoms with Gasteiger partial charge in [-0.05, 0) is 43.9 Å². The van der Waals surface area contributed by atoms with Crippen LogP contribution in [0.2, 0.25) is 0 Å². The van der Waals surface area contributed by atoms with Gasteiger partial charge in [0, 0.05) is 19.6 Å². The summed E-state index contributed by atoms with van der Waals surface area (Å²) < 4.78 is 28.1. The van der Waals surface area contributed by atoms with Crippen LogP contribution in [0.3, 0.4) is 0 Å². The third-order valence-electron chi connectivity index (χ3n) is 4.83. The summed E-state index contributed by atoms with van der Waals surface area (Å²) in [5.74, 6) is -0.638. The molecule has 0 spiro atoms. The number of hydrogen-bond donors (Lipinski definition) is 0. The monoisotopic (exact) mass is 407 g/mol. The molecule has 1 aliphatic rings. The van der Waals surface area contributed by atoms with Crippen LogP contribution in [0, 0.1) is 19.8 Å². The maximum Gasteiger partial charge on any atom is 0.252 e. The fourth-order valence-corrected chi connectivity index (χ4v) is 5.54. The molecule has 0 bridgehead atoms. The zero-order valence-corrected chi connectivity index (χ0v) is 17.6. The Morgan fingerprint density at radius 2 is 2.15 bits per heavy atom. The maximum atomic E-state index is 12.8. The van der Waals surface area contributed by atoms with E-state index < -0.39 is 15.9 Å². The number of nitrogens with zero attached hydrogens (tertiary/aromatic N) is 3. The molecule has 1 aromatic heterocycles. The van der Waals surface area contributed by atoms with Gasteiger partial charge in [0.1, 0.15) is 0 Å². The zero-order chi connectivity index (χ0) is 19.8. The third kappa shape index (κ3) is 4.23. The number of piperidine rings is 1. The highest BCUT2D eigenvalue weighted by Gasteiger charge is 2.30. The Labute approximate surface area is 163 Å². The number of sulfonamides is 1. The van der Waals surface area contributed by atoms with Gasteiger partial charge < -0.3 is 4.57 Å².